The van der Waals surface area contributed by atoms with E-state index in [1.807, 2.05) is 30.3 Å². The van der Waals surface area contributed by atoms with E-state index in [1.54, 1.807) is 12.1 Å². The van der Waals surface area contributed by atoms with Crippen molar-refractivity contribution < 1.29 is 9.15 Å². The molecule has 1 aromatic heterocycles. The number of nitriles is 1. The molecule has 25 heavy (non-hydrogen) atoms. The van der Waals surface area contributed by atoms with E-state index in [-0.39, 0.29) is 18.1 Å². The fraction of sp³-hybridized carbons (Fsp3) is 0.0526. The first-order chi connectivity index (χ1) is 12.1. The average Bonchev–Trinajstić information content (AvgIpc) is 3.02. The quantitative estimate of drug-likeness (QED) is 0.387. The molecule has 0 saturated carbocycles. The maximum absolute atomic E-state index is 9.56. The van der Waals surface area contributed by atoms with Crippen LogP contribution in [0.25, 0.3) is 22.7 Å². The van der Waals surface area contributed by atoms with E-state index >= 15 is 0 Å². The third-order valence-corrected chi connectivity index (χ3v) is 4.33. The lowest BCUT2D eigenvalue weighted by molar-refractivity contribution is 0.367. The molecule has 0 bridgehead atoms. The van der Waals surface area contributed by atoms with Crippen molar-refractivity contribution in [1.29, 1.82) is 5.26 Å². The first-order valence-electron chi connectivity index (χ1n) is 7.15. The van der Waals surface area contributed by atoms with E-state index < -0.39 is 0 Å². The van der Waals surface area contributed by atoms with Crippen LogP contribution in [0.5, 0.6) is 5.75 Å². The van der Waals surface area contributed by atoms with Gasteiger partial charge in [0.25, 0.3) is 0 Å². The molecule has 6 heteroatoms. The van der Waals surface area contributed by atoms with Crippen LogP contribution in [0.1, 0.15) is 11.5 Å². The number of oxazole rings is 1. The van der Waals surface area contributed by atoms with Gasteiger partial charge in [0.05, 0.1) is 4.47 Å². The molecule has 0 spiro atoms. The number of rotatable bonds is 4. The molecular weight excluding hydrogens is 448 g/mol. The summed E-state index contributed by atoms with van der Waals surface area (Å²) < 4.78 is 12.8. The van der Waals surface area contributed by atoms with Crippen molar-refractivity contribution in [2.24, 2.45) is 0 Å². The van der Waals surface area contributed by atoms with E-state index in [9.17, 15) is 5.26 Å². The monoisotopic (exact) mass is 456 g/mol. The maximum atomic E-state index is 9.56. The van der Waals surface area contributed by atoms with Gasteiger partial charge in [-0.1, -0.05) is 34.0 Å². The summed E-state index contributed by atoms with van der Waals surface area (Å²) in [6.45, 7) is 0.117. The van der Waals surface area contributed by atoms with Crippen molar-refractivity contribution in [3.8, 4) is 24.2 Å². The molecule has 0 aliphatic heterocycles. The normalized spacial score (nSPS) is 11.1. The highest BCUT2D eigenvalue weighted by molar-refractivity contribution is 9.11. The van der Waals surface area contributed by atoms with Gasteiger partial charge in [-0.15, -0.1) is 6.42 Å². The first-order valence-corrected chi connectivity index (χ1v) is 8.74. The molecule has 0 amide bonds. The molecule has 0 unspecified atom stereocenters. The van der Waals surface area contributed by atoms with E-state index in [0.29, 0.717) is 22.4 Å². The number of fused-ring (bicyclic) bond motifs is 1. The Labute approximate surface area is 161 Å². The van der Waals surface area contributed by atoms with Gasteiger partial charge in [-0.2, -0.15) is 5.26 Å². The van der Waals surface area contributed by atoms with E-state index in [0.717, 1.165) is 8.95 Å². The van der Waals surface area contributed by atoms with Gasteiger partial charge in [-0.05, 0) is 46.3 Å². The molecule has 0 aliphatic rings. The van der Waals surface area contributed by atoms with E-state index in [2.05, 4.69) is 48.8 Å². The van der Waals surface area contributed by atoms with E-state index in [4.69, 9.17) is 15.6 Å². The SMILES string of the molecule is C#CCOc1c(Br)cc(Br)cc1/C=C(\C#N)c1nc2ccccc2o1. The van der Waals surface area contributed by atoms with Crippen LogP contribution in [0.4, 0.5) is 0 Å². The number of ether oxygens (including phenoxy) is 1. The van der Waals surface area contributed by atoms with Crippen LogP contribution < -0.4 is 4.74 Å². The number of halogens is 2. The number of aromatic nitrogens is 1. The molecule has 3 aromatic rings. The van der Waals surface area contributed by atoms with Crippen molar-refractivity contribution in [3.63, 3.8) is 0 Å². The predicted octanol–water partition coefficient (Wildman–Crippen LogP) is 5.43. The molecule has 0 aliphatic carbocycles. The fourth-order valence-electron chi connectivity index (χ4n) is 2.24. The van der Waals surface area contributed by atoms with Crippen LogP contribution in [0.2, 0.25) is 0 Å². The molecule has 2 aromatic carbocycles. The lowest BCUT2D eigenvalue weighted by Crippen LogP contribution is -1.97. The Hall–Kier alpha value is -2.54. The first kappa shape index (κ1) is 17.3. The molecule has 4 nitrogen and oxygen atoms in total. The summed E-state index contributed by atoms with van der Waals surface area (Å²) in [5, 5.41) is 9.56. The summed E-state index contributed by atoms with van der Waals surface area (Å²) in [5.74, 6) is 3.23. The summed E-state index contributed by atoms with van der Waals surface area (Å²) in [6.07, 6.45) is 6.93. The third kappa shape index (κ3) is 3.76. The average molecular weight is 458 g/mol. The Kier molecular flexibility index (Phi) is 5.23. The lowest BCUT2D eigenvalue weighted by atomic mass is 10.1. The summed E-state index contributed by atoms with van der Waals surface area (Å²) in [4.78, 5) is 4.36. The highest BCUT2D eigenvalue weighted by atomic mass is 79.9. The summed E-state index contributed by atoms with van der Waals surface area (Å²) >= 11 is 6.88. The Morgan fingerprint density at radius 1 is 1.32 bits per heavy atom. The van der Waals surface area contributed by atoms with Crippen LogP contribution >= 0.6 is 31.9 Å². The van der Waals surface area contributed by atoms with Gasteiger partial charge >= 0.3 is 0 Å². The number of hydrogen-bond donors (Lipinski definition) is 0. The van der Waals surface area contributed by atoms with Gasteiger partial charge in [-0.3, -0.25) is 0 Å². The minimum Gasteiger partial charge on any atom is -0.479 e. The molecular formula is C19H10Br2N2O2. The molecule has 122 valence electrons. The second-order valence-corrected chi connectivity index (χ2v) is 6.73. The lowest BCUT2D eigenvalue weighted by Gasteiger charge is -2.10. The highest BCUT2D eigenvalue weighted by Gasteiger charge is 2.14. The number of allylic oxidation sites excluding steroid dienone is 1. The molecule has 3 rings (SSSR count). The Morgan fingerprint density at radius 2 is 2.12 bits per heavy atom. The van der Waals surface area contributed by atoms with Crippen LogP contribution in [0.3, 0.4) is 0 Å². The summed E-state index contributed by atoms with van der Waals surface area (Å²) in [5.41, 5.74) is 2.28. The van der Waals surface area contributed by atoms with Crippen molar-refractivity contribution in [2.45, 2.75) is 0 Å². The second kappa shape index (κ2) is 7.57. The van der Waals surface area contributed by atoms with Crippen LogP contribution in [-0.4, -0.2) is 11.6 Å². The zero-order valence-corrected chi connectivity index (χ0v) is 16.0. The van der Waals surface area contributed by atoms with Crippen LogP contribution in [0, 0.1) is 23.7 Å². The van der Waals surface area contributed by atoms with E-state index in [1.165, 1.54) is 0 Å². The molecule has 0 saturated heterocycles. The third-order valence-electron chi connectivity index (χ3n) is 3.28. The smallest absolute Gasteiger partial charge is 0.238 e. The number of nitrogens with zero attached hydrogens (tertiary/aromatic N) is 2. The Morgan fingerprint density at radius 3 is 2.84 bits per heavy atom. The van der Waals surface area contributed by atoms with Crippen molar-refractivity contribution >= 4 is 54.6 Å². The van der Waals surface area contributed by atoms with Crippen LogP contribution in [0.15, 0.2) is 49.8 Å². The highest BCUT2D eigenvalue weighted by Crippen LogP contribution is 2.35. The van der Waals surface area contributed by atoms with Gasteiger partial charge < -0.3 is 9.15 Å². The van der Waals surface area contributed by atoms with Gasteiger partial charge in [-0.25, -0.2) is 4.98 Å². The van der Waals surface area contributed by atoms with Crippen molar-refractivity contribution in [3.05, 3.63) is 56.8 Å². The van der Waals surface area contributed by atoms with Crippen LogP contribution in [-0.2, 0) is 0 Å². The topological polar surface area (TPSA) is 59.0 Å². The maximum Gasteiger partial charge on any atom is 0.238 e. The molecule has 0 N–H and O–H groups in total. The van der Waals surface area contributed by atoms with Gasteiger partial charge in [0.2, 0.25) is 5.89 Å². The minimum atomic E-state index is 0.117. The number of hydrogen-bond acceptors (Lipinski definition) is 4. The van der Waals surface area contributed by atoms with Gasteiger partial charge in [0, 0.05) is 10.0 Å². The number of terminal acetylenes is 1. The Balaban J connectivity index is 2.11. The molecule has 1 heterocycles. The summed E-state index contributed by atoms with van der Waals surface area (Å²) in [7, 11) is 0. The Bertz CT molecular complexity index is 1020. The zero-order chi connectivity index (χ0) is 17.8. The summed E-state index contributed by atoms with van der Waals surface area (Å²) in [6, 6.07) is 13.1. The van der Waals surface area contributed by atoms with Gasteiger partial charge in [0.15, 0.2) is 5.58 Å². The molecule has 0 fully saturated rings. The van der Waals surface area contributed by atoms with Gasteiger partial charge in [0.1, 0.15) is 29.5 Å². The minimum absolute atomic E-state index is 0.117. The van der Waals surface area contributed by atoms with Crippen molar-refractivity contribution in [1.82, 2.24) is 4.98 Å². The molecule has 0 radical (unpaired) electrons. The standard InChI is InChI=1S/C19H10Br2N2O2/c1-2-7-24-18-12(9-14(20)10-15(18)21)8-13(11-22)19-23-16-5-3-4-6-17(16)25-19/h1,3-6,8-10H,7H2/b13-8+. The number of benzene rings is 2. The second-order valence-electron chi connectivity index (χ2n) is 4.96. The zero-order valence-electron chi connectivity index (χ0n) is 12.8. The largest absolute Gasteiger partial charge is 0.479 e. The predicted molar refractivity (Wildman–Crippen MR) is 104 cm³/mol. The number of para-hydroxylation sites is 2. The fourth-order valence-corrected chi connectivity index (χ4v) is 3.61. The molecule has 0 atom stereocenters. The van der Waals surface area contributed by atoms with Crippen molar-refractivity contribution in [2.75, 3.05) is 6.61 Å².